The van der Waals surface area contributed by atoms with Crippen LogP contribution < -0.4 is 4.74 Å². The zero-order valence-corrected chi connectivity index (χ0v) is 8.78. The predicted molar refractivity (Wildman–Crippen MR) is 54.5 cm³/mol. The number of aromatic nitrogens is 1. The first-order chi connectivity index (χ1) is 6.69. The number of carbonyl (C=O) groups excluding carboxylic acids is 1. The monoisotopic (exact) mass is 193 g/mol. The number of pyridine rings is 1. The molecule has 0 bridgehead atoms. The van der Waals surface area contributed by atoms with Crippen molar-refractivity contribution in [1.82, 2.24) is 4.98 Å². The summed E-state index contributed by atoms with van der Waals surface area (Å²) in [4.78, 5) is 15.3. The van der Waals surface area contributed by atoms with E-state index in [1.165, 1.54) is 0 Å². The van der Waals surface area contributed by atoms with Crippen molar-refractivity contribution in [2.24, 2.45) is 0 Å². The summed E-state index contributed by atoms with van der Waals surface area (Å²) >= 11 is 0. The molecule has 1 aromatic heterocycles. The van der Waals surface area contributed by atoms with Crippen LogP contribution in [-0.2, 0) is 4.79 Å². The summed E-state index contributed by atoms with van der Waals surface area (Å²) in [6.45, 7) is 3.61. The largest absolute Gasteiger partial charge is 0.481 e. The highest BCUT2D eigenvalue weighted by Gasteiger charge is 2.14. The van der Waals surface area contributed by atoms with Gasteiger partial charge in [-0.2, -0.15) is 0 Å². The van der Waals surface area contributed by atoms with Crippen LogP contribution in [0.3, 0.4) is 0 Å². The minimum atomic E-state index is -0.0353. The van der Waals surface area contributed by atoms with E-state index in [-0.39, 0.29) is 11.7 Å². The van der Waals surface area contributed by atoms with Crippen LogP contribution in [0.25, 0.3) is 0 Å². The average molecular weight is 193 g/mol. The quantitative estimate of drug-likeness (QED) is 0.735. The summed E-state index contributed by atoms with van der Waals surface area (Å²) in [7, 11) is 1.57. The summed E-state index contributed by atoms with van der Waals surface area (Å²) in [6.07, 6.45) is 2.47. The highest BCUT2D eigenvalue weighted by atomic mass is 16.5. The molecule has 1 rings (SSSR count). The van der Waals surface area contributed by atoms with Crippen molar-refractivity contribution >= 4 is 5.78 Å². The van der Waals surface area contributed by atoms with Crippen LogP contribution in [0.1, 0.15) is 31.7 Å². The van der Waals surface area contributed by atoms with Gasteiger partial charge in [0.05, 0.1) is 7.11 Å². The molecule has 1 atom stereocenters. The standard InChI is InChI=1S/C11H15NO2/c1-4-10(8(2)13)9-5-6-12-11(7-9)14-3/h5-7,10H,4H2,1-3H3. The molecular formula is C11H15NO2. The third-order valence-electron chi connectivity index (χ3n) is 2.27. The van der Waals surface area contributed by atoms with E-state index in [9.17, 15) is 4.79 Å². The van der Waals surface area contributed by atoms with Crippen molar-refractivity contribution in [3.05, 3.63) is 23.9 Å². The fourth-order valence-electron chi connectivity index (χ4n) is 1.51. The molecule has 76 valence electrons. The molecule has 1 aromatic rings. The van der Waals surface area contributed by atoms with E-state index in [1.54, 1.807) is 20.2 Å². The maximum absolute atomic E-state index is 11.3. The van der Waals surface area contributed by atoms with Gasteiger partial charge in [0.25, 0.3) is 0 Å². The molecule has 1 heterocycles. The van der Waals surface area contributed by atoms with Crippen molar-refractivity contribution in [1.29, 1.82) is 0 Å². The van der Waals surface area contributed by atoms with Gasteiger partial charge in [0.2, 0.25) is 5.88 Å². The normalized spacial score (nSPS) is 12.2. The summed E-state index contributed by atoms with van der Waals surface area (Å²) in [5.41, 5.74) is 0.979. The minimum absolute atomic E-state index is 0.0353. The molecule has 0 saturated carbocycles. The van der Waals surface area contributed by atoms with E-state index in [0.29, 0.717) is 5.88 Å². The maximum Gasteiger partial charge on any atom is 0.213 e. The van der Waals surface area contributed by atoms with E-state index >= 15 is 0 Å². The highest BCUT2D eigenvalue weighted by molar-refractivity contribution is 5.83. The Hall–Kier alpha value is -1.38. The van der Waals surface area contributed by atoms with Crippen molar-refractivity contribution < 1.29 is 9.53 Å². The van der Waals surface area contributed by atoms with Crippen molar-refractivity contribution in [2.75, 3.05) is 7.11 Å². The molecule has 0 radical (unpaired) electrons. The van der Waals surface area contributed by atoms with Gasteiger partial charge in [-0.15, -0.1) is 0 Å². The van der Waals surface area contributed by atoms with Crippen molar-refractivity contribution in [2.45, 2.75) is 26.2 Å². The highest BCUT2D eigenvalue weighted by Crippen LogP contribution is 2.22. The van der Waals surface area contributed by atoms with Gasteiger partial charge in [-0.1, -0.05) is 6.92 Å². The minimum Gasteiger partial charge on any atom is -0.481 e. The van der Waals surface area contributed by atoms with E-state index in [0.717, 1.165) is 12.0 Å². The van der Waals surface area contributed by atoms with Crippen LogP contribution in [0.5, 0.6) is 5.88 Å². The molecule has 0 saturated heterocycles. The van der Waals surface area contributed by atoms with Gasteiger partial charge in [-0.05, 0) is 25.0 Å². The van der Waals surface area contributed by atoms with Crippen molar-refractivity contribution in [3.8, 4) is 5.88 Å². The molecule has 14 heavy (non-hydrogen) atoms. The Labute approximate surface area is 84.1 Å². The lowest BCUT2D eigenvalue weighted by Gasteiger charge is -2.11. The smallest absolute Gasteiger partial charge is 0.213 e. The van der Waals surface area contributed by atoms with Gasteiger partial charge in [-0.25, -0.2) is 4.98 Å². The lowest BCUT2D eigenvalue weighted by molar-refractivity contribution is -0.118. The van der Waals surface area contributed by atoms with Gasteiger partial charge < -0.3 is 4.74 Å². The molecule has 0 fully saturated rings. The predicted octanol–water partition coefficient (Wildman–Crippen LogP) is 2.17. The summed E-state index contributed by atoms with van der Waals surface area (Å²) in [6, 6.07) is 3.67. The zero-order valence-electron chi connectivity index (χ0n) is 8.78. The topological polar surface area (TPSA) is 39.2 Å². The van der Waals surface area contributed by atoms with Crippen LogP contribution in [0.15, 0.2) is 18.3 Å². The third-order valence-corrected chi connectivity index (χ3v) is 2.27. The number of ether oxygens (including phenoxy) is 1. The second-order valence-electron chi connectivity index (χ2n) is 3.20. The first kappa shape index (κ1) is 10.7. The molecule has 0 spiro atoms. The Bertz CT molecular complexity index is 323. The third kappa shape index (κ3) is 2.31. The number of Topliss-reactive ketones (excluding diaryl/α,β-unsaturated/α-hetero) is 1. The molecule has 0 amide bonds. The van der Waals surface area contributed by atoms with E-state index in [1.807, 2.05) is 19.1 Å². The molecule has 1 unspecified atom stereocenters. The molecule has 0 N–H and O–H groups in total. The molecular weight excluding hydrogens is 178 g/mol. The van der Waals surface area contributed by atoms with Gasteiger partial charge >= 0.3 is 0 Å². The Kier molecular flexibility index (Phi) is 3.63. The van der Waals surface area contributed by atoms with Gasteiger partial charge in [-0.3, -0.25) is 4.79 Å². The number of carbonyl (C=O) groups is 1. The van der Waals surface area contributed by atoms with Crippen LogP contribution in [0, 0.1) is 0 Å². The number of hydrogen-bond donors (Lipinski definition) is 0. The Morgan fingerprint density at radius 1 is 1.64 bits per heavy atom. The van der Waals surface area contributed by atoms with Gasteiger partial charge in [0.1, 0.15) is 5.78 Å². The SMILES string of the molecule is CCC(C(C)=O)c1ccnc(OC)c1. The molecule has 3 nitrogen and oxygen atoms in total. The zero-order chi connectivity index (χ0) is 10.6. The fourth-order valence-corrected chi connectivity index (χ4v) is 1.51. The first-order valence-electron chi connectivity index (χ1n) is 4.69. The summed E-state index contributed by atoms with van der Waals surface area (Å²) < 4.78 is 5.01. The lowest BCUT2D eigenvalue weighted by Crippen LogP contribution is -2.07. The molecule has 0 aromatic carbocycles. The Morgan fingerprint density at radius 3 is 2.86 bits per heavy atom. The molecule has 0 aliphatic carbocycles. The van der Waals surface area contributed by atoms with E-state index in [2.05, 4.69) is 4.98 Å². The number of methoxy groups -OCH3 is 1. The van der Waals surface area contributed by atoms with Gasteiger partial charge in [0, 0.05) is 18.2 Å². The molecule has 3 heteroatoms. The average Bonchev–Trinajstić information content (AvgIpc) is 2.19. The Morgan fingerprint density at radius 2 is 2.36 bits per heavy atom. The summed E-state index contributed by atoms with van der Waals surface area (Å²) in [5.74, 6) is 0.704. The van der Waals surface area contributed by atoms with E-state index in [4.69, 9.17) is 4.74 Å². The second-order valence-corrected chi connectivity index (χ2v) is 3.20. The lowest BCUT2D eigenvalue weighted by atomic mass is 9.94. The fraction of sp³-hybridized carbons (Fsp3) is 0.455. The summed E-state index contributed by atoms with van der Waals surface area (Å²) in [5, 5.41) is 0. The Balaban J connectivity index is 2.98. The number of ketones is 1. The number of rotatable bonds is 4. The first-order valence-corrected chi connectivity index (χ1v) is 4.69. The van der Waals surface area contributed by atoms with Crippen LogP contribution in [0.4, 0.5) is 0 Å². The molecule has 0 aliphatic rings. The number of nitrogens with zero attached hydrogens (tertiary/aromatic N) is 1. The van der Waals surface area contributed by atoms with E-state index < -0.39 is 0 Å². The maximum atomic E-state index is 11.3. The second kappa shape index (κ2) is 4.74. The molecule has 0 aliphatic heterocycles. The van der Waals surface area contributed by atoms with Crippen LogP contribution in [0.2, 0.25) is 0 Å². The van der Waals surface area contributed by atoms with Crippen LogP contribution in [-0.4, -0.2) is 17.9 Å². The number of hydrogen-bond acceptors (Lipinski definition) is 3. The van der Waals surface area contributed by atoms with Gasteiger partial charge in [0.15, 0.2) is 0 Å². The van der Waals surface area contributed by atoms with Crippen molar-refractivity contribution in [3.63, 3.8) is 0 Å². The van der Waals surface area contributed by atoms with Crippen LogP contribution >= 0.6 is 0 Å².